The first-order chi connectivity index (χ1) is 14.9. The molecule has 6 heteroatoms. The van der Waals surface area contributed by atoms with Gasteiger partial charge in [0.05, 0.1) is 6.17 Å². The zero-order valence-electron chi connectivity index (χ0n) is 18.4. The number of likely N-dealkylation sites (tertiary alicyclic amines) is 1. The molecule has 31 heavy (non-hydrogen) atoms. The lowest BCUT2D eigenvalue weighted by Crippen LogP contribution is -2.55. The minimum Gasteiger partial charge on any atom is -0.327 e. The molecular formula is C25H33F2N3O. The molecule has 1 aliphatic heterocycles. The summed E-state index contributed by atoms with van der Waals surface area (Å²) >= 11 is 0. The predicted octanol–water partition coefficient (Wildman–Crippen LogP) is 4.35. The monoisotopic (exact) mass is 429 g/mol. The molecule has 2 atom stereocenters. The Labute approximate surface area is 184 Å². The van der Waals surface area contributed by atoms with E-state index in [1.54, 1.807) is 29.2 Å². The van der Waals surface area contributed by atoms with Gasteiger partial charge in [0, 0.05) is 31.3 Å². The first kappa shape index (κ1) is 23.4. The minimum atomic E-state index is -0.446. The van der Waals surface area contributed by atoms with E-state index in [0.717, 1.165) is 43.6 Å². The van der Waals surface area contributed by atoms with Crippen LogP contribution in [-0.4, -0.2) is 48.1 Å². The van der Waals surface area contributed by atoms with E-state index < -0.39 is 6.17 Å². The number of rotatable bonds is 8. The Morgan fingerprint density at radius 2 is 1.55 bits per heavy atom. The van der Waals surface area contributed by atoms with Crippen LogP contribution in [0.25, 0.3) is 0 Å². The van der Waals surface area contributed by atoms with Gasteiger partial charge in [-0.05, 0) is 61.3 Å². The highest BCUT2D eigenvalue weighted by Gasteiger charge is 2.37. The van der Waals surface area contributed by atoms with Crippen LogP contribution in [0, 0.1) is 17.6 Å². The number of carbonyl (C=O) groups is 1. The summed E-state index contributed by atoms with van der Waals surface area (Å²) in [6.07, 6.45) is 1.70. The SMILES string of the molecule is CCN(CC)CCC(=O)N1CCC[C@@H](C(c2ccc(F)cc2)c2ccc(F)cc2)[C@H]1N. The summed E-state index contributed by atoms with van der Waals surface area (Å²) in [7, 11) is 0. The molecule has 2 aromatic rings. The molecular weight excluding hydrogens is 396 g/mol. The van der Waals surface area contributed by atoms with Gasteiger partial charge in [0.1, 0.15) is 11.6 Å². The van der Waals surface area contributed by atoms with Crippen LogP contribution >= 0.6 is 0 Å². The van der Waals surface area contributed by atoms with Crippen LogP contribution in [0.1, 0.15) is 50.2 Å². The van der Waals surface area contributed by atoms with Crippen molar-refractivity contribution in [2.45, 2.75) is 45.2 Å². The van der Waals surface area contributed by atoms with Crippen LogP contribution in [0.4, 0.5) is 8.78 Å². The van der Waals surface area contributed by atoms with Crippen LogP contribution in [-0.2, 0) is 4.79 Å². The number of amides is 1. The number of carbonyl (C=O) groups excluding carboxylic acids is 1. The summed E-state index contributed by atoms with van der Waals surface area (Å²) < 4.78 is 27.1. The summed E-state index contributed by atoms with van der Waals surface area (Å²) in [5.74, 6) is -0.719. The lowest BCUT2D eigenvalue weighted by atomic mass is 9.75. The predicted molar refractivity (Wildman–Crippen MR) is 119 cm³/mol. The van der Waals surface area contributed by atoms with Crippen LogP contribution in [0.3, 0.4) is 0 Å². The van der Waals surface area contributed by atoms with Crippen molar-refractivity contribution in [3.05, 3.63) is 71.3 Å². The highest BCUT2D eigenvalue weighted by molar-refractivity contribution is 5.76. The molecule has 0 radical (unpaired) electrons. The molecule has 2 N–H and O–H groups in total. The Bertz CT molecular complexity index is 791. The maximum Gasteiger partial charge on any atom is 0.225 e. The molecule has 0 aliphatic carbocycles. The fraction of sp³-hybridized carbons (Fsp3) is 0.480. The van der Waals surface area contributed by atoms with Gasteiger partial charge >= 0.3 is 0 Å². The number of hydrogen-bond acceptors (Lipinski definition) is 3. The lowest BCUT2D eigenvalue weighted by Gasteiger charge is -2.43. The van der Waals surface area contributed by atoms with E-state index in [0.29, 0.717) is 13.0 Å². The molecule has 0 unspecified atom stereocenters. The van der Waals surface area contributed by atoms with Gasteiger partial charge in [0.25, 0.3) is 0 Å². The average Bonchev–Trinajstić information content (AvgIpc) is 2.78. The van der Waals surface area contributed by atoms with Crippen molar-refractivity contribution < 1.29 is 13.6 Å². The maximum absolute atomic E-state index is 13.6. The minimum absolute atomic E-state index is 0.0397. The van der Waals surface area contributed by atoms with E-state index in [1.165, 1.54) is 24.3 Å². The van der Waals surface area contributed by atoms with Gasteiger partial charge in [-0.2, -0.15) is 0 Å². The van der Waals surface area contributed by atoms with Gasteiger partial charge in [0.2, 0.25) is 5.91 Å². The average molecular weight is 430 g/mol. The first-order valence-electron chi connectivity index (χ1n) is 11.2. The van der Waals surface area contributed by atoms with Crippen molar-refractivity contribution >= 4 is 5.91 Å². The second kappa shape index (κ2) is 10.8. The molecule has 1 aliphatic rings. The molecule has 4 nitrogen and oxygen atoms in total. The Hall–Kier alpha value is -2.31. The second-order valence-electron chi connectivity index (χ2n) is 8.24. The molecule has 168 valence electrons. The smallest absolute Gasteiger partial charge is 0.225 e. The Morgan fingerprint density at radius 1 is 1.03 bits per heavy atom. The van der Waals surface area contributed by atoms with Gasteiger partial charge in [-0.3, -0.25) is 4.79 Å². The third kappa shape index (κ3) is 5.69. The molecule has 1 heterocycles. The number of nitrogens with zero attached hydrogens (tertiary/aromatic N) is 2. The summed E-state index contributed by atoms with van der Waals surface area (Å²) in [4.78, 5) is 17.0. The highest BCUT2D eigenvalue weighted by Crippen LogP contribution is 2.39. The molecule has 0 bridgehead atoms. The van der Waals surface area contributed by atoms with Crippen molar-refractivity contribution in [3.8, 4) is 0 Å². The molecule has 1 fully saturated rings. The van der Waals surface area contributed by atoms with Crippen LogP contribution < -0.4 is 5.73 Å². The normalized spacial score (nSPS) is 19.3. The number of nitrogens with two attached hydrogens (primary N) is 1. The Morgan fingerprint density at radius 3 is 2.03 bits per heavy atom. The third-order valence-electron chi connectivity index (χ3n) is 6.48. The molecule has 1 saturated heterocycles. The highest BCUT2D eigenvalue weighted by atomic mass is 19.1. The Kier molecular flexibility index (Phi) is 8.15. The van der Waals surface area contributed by atoms with E-state index in [-0.39, 0.29) is 29.4 Å². The van der Waals surface area contributed by atoms with Gasteiger partial charge < -0.3 is 15.5 Å². The number of halogens is 2. The summed E-state index contributed by atoms with van der Waals surface area (Å²) in [5.41, 5.74) is 8.52. The van der Waals surface area contributed by atoms with Gasteiger partial charge in [-0.15, -0.1) is 0 Å². The number of hydrogen-bond donors (Lipinski definition) is 1. The number of piperidine rings is 1. The Balaban J connectivity index is 1.85. The zero-order chi connectivity index (χ0) is 22.4. The molecule has 3 rings (SSSR count). The van der Waals surface area contributed by atoms with E-state index in [1.807, 2.05) is 0 Å². The molecule has 1 amide bonds. The summed E-state index contributed by atoms with van der Waals surface area (Å²) in [6.45, 7) is 7.37. The van der Waals surface area contributed by atoms with E-state index in [4.69, 9.17) is 5.73 Å². The van der Waals surface area contributed by atoms with Gasteiger partial charge in [-0.1, -0.05) is 38.1 Å². The van der Waals surface area contributed by atoms with Crippen molar-refractivity contribution in [2.75, 3.05) is 26.2 Å². The lowest BCUT2D eigenvalue weighted by molar-refractivity contribution is -0.136. The fourth-order valence-corrected chi connectivity index (χ4v) is 4.67. The second-order valence-corrected chi connectivity index (χ2v) is 8.24. The topological polar surface area (TPSA) is 49.6 Å². The van der Waals surface area contributed by atoms with E-state index >= 15 is 0 Å². The molecule has 0 aromatic heterocycles. The van der Waals surface area contributed by atoms with Crippen molar-refractivity contribution in [1.29, 1.82) is 0 Å². The molecule has 2 aromatic carbocycles. The molecule has 0 saturated carbocycles. The largest absolute Gasteiger partial charge is 0.327 e. The standard InChI is InChI=1S/C25H33F2N3O/c1-3-29(4-2)17-15-23(31)30-16-5-6-22(25(30)28)24(18-7-11-20(26)12-8-18)19-9-13-21(27)14-10-19/h7-14,22,24-25H,3-6,15-17,28H2,1-2H3/t22-,25-/m0/s1. The van der Waals surface area contributed by atoms with Crippen LogP contribution in [0.2, 0.25) is 0 Å². The number of benzene rings is 2. The fourth-order valence-electron chi connectivity index (χ4n) is 4.67. The van der Waals surface area contributed by atoms with Gasteiger partial charge in [0.15, 0.2) is 0 Å². The zero-order valence-corrected chi connectivity index (χ0v) is 18.4. The van der Waals surface area contributed by atoms with Crippen molar-refractivity contribution in [1.82, 2.24) is 9.80 Å². The first-order valence-corrected chi connectivity index (χ1v) is 11.2. The van der Waals surface area contributed by atoms with E-state index in [9.17, 15) is 13.6 Å². The quantitative estimate of drug-likeness (QED) is 0.679. The van der Waals surface area contributed by atoms with Crippen molar-refractivity contribution in [3.63, 3.8) is 0 Å². The van der Waals surface area contributed by atoms with Crippen LogP contribution in [0.5, 0.6) is 0 Å². The third-order valence-corrected chi connectivity index (χ3v) is 6.48. The van der Waals surface area contributed by atoms with Crippen molar-refractivity contribution in [2.24, 2.45) is 11.7 Å². The summed E-state index contributed by atoms with van der Waals surface area (Å²) in [5, 5.41) is 0. The maximum atomic E-state index is 13.6. The van der Waals surface area contributed by atoms with E-state index in [2.05, 4.69) is 18.7 Å². The van der Waals surface area contributed by atoms with Gasteiger partial charge in [-0.25, -0.2) is 8.78 Å². The summed E-state index contributed by atoms with van der Waals surface area (Å²) in [6, 6.07) is 12.8. The molecule has 0 spiro atoms. The van der Waals surface area contributed by atoms with Crippen LogP contribution in [0.15, 0.2) is 48.5 Å².